The summed E-state index contributed by atoms with van der Waals surface area (Å²) < 4.78 is 0.839. The second-order valence-electron chi connectivity index (χ2n) is 5.86. The number of hydrogen-bond acceptors (Lipinski definition) is 4. The van der Waals surface area contributed by atoms with Crippen molar-refractivity contribution in [2.24, 2.45) is 0 Å². The van der Waals surface area contributed by atoms with Crippen molar-refractivity contribution in [2.45, 2.75) is 0 Å². The minimum atomic E-state index is -0.342. The molecule has 5 nitrogen and oxygen atoms in total. The minimum absolute atomic E-state index is 0.102. The van der Waals surface area contributed by atoms with Gasteiger partial charge in [0.25, 0.3) is 5.69 Å². The van der Waals surface area contributed by atoms with Crippen molar-refractivity contribution in [1.29, 1.82) is 0 Å². The number of hydrogen-bond donors (Lipinski definition) is 0. The molecule has 0 aromatic heterocycles. The largest absolute Gasteiger partial charge is 0.345 e. The van der Waals surface area contributed by atoms with Crippen LogP contribution < -0.4 is 9.80 Å². The molecular weight excluding hydrogens is 441 g/mol. The zero-order valence-electron chi connectivity index (χ0n) is 14.5. The second-order valence-corrected chi connectivity index (χ2v) is 7.11. The number of nitro benzene ring substituents is 1. The summed E-state index contributed by atoms with van der Waals surface area (Å²) in [4.78, 5) is 15.0. The van der Waals surface area contributed by atoms with Crippen molar-refractivity contribution >= 4 is 51.0 Å². The summed E-state index contributed by atoms with van der Waals surface area (Å²) in [6.45, 7) is 0. The van der Waals surface area contributed by atoms with Gasteiger partial charge in [-0.1, -0.05) is 18.2 Å². The molecule has 0 bridgehead atoms. The van der Waals surface area contributed by atoms with E-state index >= 15 is 0 Å². The van der Waals surface area contributed by atoms with E-state index in [0.717, 1.165) is 20.6 Å². The van der Waals surface area contributed by atoms with Crippen LogP contribution in [-0.2, 0) is 0 Å². The molecule has 26 heavy (non-hydrogen) atoms. The van der Waals surface area contributed by atoms with Crippen LogP contribution in [0.2, 0.25) is 0 Å². The van der Waals surface area contributed by atoms with Crippen molar-refractivity contribution in [2.75, 3.05) is 23.9 Å². The first kappa shape index (κ1) is 18.2. The molecule has 0 fully saturated rings. The van der Waals surface area contributed by atoms with Crippen LogP contribution in [-0.4, -0.2) is 19.0 Å². The van der Waals surface area contributed by atoms with Crippen LogP contribution >= 0.6 is 22.6 Å². The van der Waals surface area contributed by atoms with Gasteiger partial charge in [-0.3, -0.25) is 10.1 Å². The highest BCUT2D eigenvalue weighted by Gasteiger charge is 2.18. The molecule has 0 aliphatic carbocycles. The molecule has 0 N–H and O–H groups in total. The first-order chi connectivity index (χ1) is 12.5. The normalized spacial score (nSPS) is 10.4. The van der Waals surface area contributed by atoms with Crippen LogP contribution in [0.15, 0.2) is 72.8 Å². The van der Waals surface area contributed by atoms with E-state index in [1.165, 1.54) is 0 Å². The van der Waals surface area contributed by atoms with E-state index in [2.05, 4.69) is 39.6 Å². The lowest BCUT2D eigenvalue weighted by atomic mass is 10.2. The first-order valence-electron chi connectivity index (χ1n) is 8.04. The van der Waals surface area contributed by atoms with Gasteiger partial charge in [0, 0.05) is 40.8 Å². The lowest BCUT2D eigenvalue weighted by Crippen LogP contribution is -2.13. The Balaban J connectivity index is 1.88. The van der Waals surface area contributed by atoms with Crippen LogP contribution in [0.4, 0.5) is 28.4 Å². The van der Waals surface area contributed by atoms with Gasteiger partial charge < -0.3 is 9.80 Å². The third-order valence-corrected chi connectivity index (χ3v) is 4.93. The Morgan fingerprint density at radius 3 is 1.92 bits per heavy atom. The van der Waals surface area contributed by atoms with Gasteiger partial charge in [0.05, 0.1) is 4.92 Å². The average Bonchev–Trinajstić information content (AvgIpc) is 2.67. The summed E-state index contributed by atoms with van der Waals surface area (Å²) in [5.41, 5.74) is 3.70. The standard InChI is InChI=1S/C20H18IN3O2/c1-22(16-6-4-3-5-7-16)17-9-11-18(12-10-17)23(2)19-13-8-15(21)14-20(19)24(25)26/h3-14H,1-2H3. The van der Waals surface area contributed by atoms with E-state index in [0.29, 0.717) is 5.69 Å². The summed E-state index contributed by atoms with van der Waals surface area (Å²) in [7, 11) is 3.85. The van der Waals surface area contributed by atoms with Crippen molar-refractivity contribution in [1.82, 2.24) is 0 Å². The smallest absolute Gasteiger partial charge is 0.293 e. The van der Waals surface area contributed by atoms with Gasteiger partial charge in [-0.05, 0) is 71.1 Å². The Morgan fingerprint density at radius 1 is 0.808 bits per heavy atom. The first-order valence-corrected chi connectivity index (χ1v) is 9.12. The van der Waals surface area contributed by atoms with Gasteiger partial charge in [-0.25, -0.2) is 0 Å². The van der Waals surface area contributed by atoms with Crippen molar-refractivity contribution in [3.05, 3.63) is 86.5 Å². The van der Waals surface area contributed by atoms with Crippen LogP contribution in [0.5, 0.6) is 0 Å². The van der Waals surface area contributed by atoms with E-state index in [9.17, 15) is 10.1 Å². The molecule has 0 unspecified atom stereocenters. The fourth-order valence-electron chi connectivity index (χ4n) is 2.77. The molecule has 3 rings (SSSR count). The molecule has 3 aromatic rings. The highest BCUT2D eigenvalue weighted by atomic mass is 127. The molecule has 0 amide bonds. The third kappa shape index (κ3) is 3.80. The SMILES string of the molecule is CN(c1ccccc1)c1ccc(N(C)c2ccc(I)cc2[N+](=O)[O-])cc1. The number of benzene rings is 3. The van der Waals surface area contributed by atoms with Crippen molar-refractivity contribution < 1.29 is 4.92 Å². The molecule has 0 aliphatic heterocycles. The van der Waals surface area contributed by atoms with Gasteiger partial charge in [-0.2, -0.15) is 0 Å². The highest BCUT2D eigenvalue weighted by molar-refractivity contribution is 14.1. The van der Waals surface area contributed by atoms with Crippen LogP contribution in [0.25, 0.3) is 0 Å². The predicted octanol–water partition coefficient (Wildman–Crippen LogP) is 5.74. The summed E-state index contributed by atoms with van der Waals surface area (Å²) in [6.07, 6.45) is 0. The fourth-order valence-corrected chi connectivity index (χ4v) is 3.24. The van der Waals surface area contributed by atoms with Crippen LogP contribution in [0.1, 0.15) is 0 Å². The van der Waals surface area contributed by atoms with Gasteiger partial charge >= 0.3 is 0 Å². The average molecular weight is 459 g/mol. The second kappa shape index (κ2) is 7.74. The molecule has 0 radical (unpaired) electrons. The van der Waals surface area contributed by atoms with E-state index in [-0.39, 0.29) is 10.6 Å². The lowest BCUT2D eigenvalue weighted by molar-refractivity contribution is -0.384. The quantitative estimate of drug-likeness (QED) is 0.278. The number of para-hydroxylation sites is 1. The highest BCUT2D eigenvalue weighted by Crippen LogP contribution is 2.34. The van der Waals surface area contributed by atoms with Crippen LogP contribution in [0.3, 0.4) is 0 Å². The number of nitrogens with zero attached hydrogens (tertiary/aromatic N) is 3. The van der Waals surface area contributed by atoms with E-state index in [1.807, 2.05) is 67.5 Å². The van der Waals surface area contributed by atoms with Gasteiger partial charge in [-0.15, -0.1) is 0 Å². The summed E-state index contributed by atoms with van der Waals surface area (Å²) in [5, 5.41) is 11.4. The van der Waals surface area contributed by atoms with Gasteiger partial charge in [0.15, 0.2) is 0 Å². The molecule has 0 spiro atoms. The van der Waals surface area contributed by atoms with E-state index in [4.69, 9.17) is 0 Å². The molecule has 3 aromatic carbocycles. The maximum Gasteiger partial charge on any atom is 0.293 e. The zero-order valence-corrected chi connectivity index (χ0v) is 16.6. The van der Waals surface area contributed by atoms with Gasteiger partial charge in [0.1, 0.15) is 5.69 Å². The summed E-state index contributed by atoms with van der Waals surface area (Å²) >= 11 is 2.08. The van der Waals surface area contributed by atoms with Gasteiger partial charge in [0.2, 0.25) is 0 Å². The molecule has 0 heterocycles. The molecular formula is C20H18IN3O2. The Labute approximate surface area is 166 Å². The summed E-state index contributed by atoms with van der Waals surface area (Å²) in [6, 6.07) is 23.3. The Morgan fingerprint density at radius 2 is 1.35 bits per heavy atom. The van der Waals surface area contributed by atoms with Crippen molar-refractivity contribution in [3.8, 4) is 0 Å². The number of rotatable bonds is 5. The topological polar surface area (TPSA) is 49.6 Å². The molecule has 0 saturated heterocycles. The lowest BCUT2D eigenvalue weighted by Gasteiger charge is -2.22. The Hall–Kier alpha value is -2.61. The van der Waals surface area contributed by atoms with E-state index < -0.39 is 0 Å². The Bertz CT molecular complexity index is 914. The molecule has 0 atom stereocenters. The van der Waals surface area contributed by atoms with Crippen molar-refractivity contribution in [3.63, 3.8) is 0 Å². The fraction of sp³-hybridized carbons (Fsp3) is 0.100. The molecule has 6 heteroatoms. The zero-order chi connectivity index (χ0) is 18.7. The maximum atomic E-state index is 11.4. The summed E-state index contributed by atoms with van der Waals surface area (Å²) in [5.74, 6) is 0. The number of anilines is 4. The molecule has 0 saturated carbocycles. The number of nitro groups is 1. The van der Waals surface area contributed by atoms with E-state index in [1.54, 1.807) is 12.1 Å². The third-order valence-electron chi connectivity index (χ3n) is 4.26. The monoisotopic (exact) mass is 459 g/mol. The maximum absolute atomic E-state index is 11.4. The molecule has 132 valence electrons. The van der Waals surface area contributed by atoms with Crippen LogP contribution in [0, 0.1) is 13.7 Å². The molecule has 0 aliphatic rings. The minimum Gasteiger partial charge on any atom is -0.345 e. The predicted molar refractivity (Wildman–Crippen MR) is 115 cm³/mol. The number of halogens is 1. The Kier molecular flexibility index (Phi) is 5.41.